The molecule has 0 saturated carbocycles. The van der Waals surface area contributed by atoms with Gasteiger partial charge in [0.25, 0.3) is 0 Å². The molecule has 0 aliphatic carbocycles. The van der Waals surface area contributed by atoms with E-state index in [4.69, 9.17) is 0 Å². The molecule has 1 atom stereocenters. The van der Waals surface area contributed by atoms with E-state index in [2.05, 4.69) is 71.0 Å². The topological polar surface area (TPSA) is 20.2 Å². The van der Waals surface area contributed by atoms with Gasteiger partial charge in [-0.15, -0.1) is 0 Å². The van der Waals surface area contributed by atoms with E-state index in [1.165, 1.54) is 10.8 Å². The predicted octanol–water partition coefficient (Wildman–Crippen LogP) is 4.47. The standard InChI is InChI=1S/C15H17O.C4H9.Sn/c1-11(2)9-15(16)14-8-7-12-5-3-4-6-13(12)10-14;1-4(2)3;/h4-8,10-11,15-16H,9H2,1-2H3;1-3H3;. The summed E-state index contributed by atoms with van der Waals surface area (Å²) in [4.78, 5) is 0. The molecule has 2 rings (SSSR count). The van der Waals surface area contributed by atoms with Gasteiger partial charge in [-0.05, 0) is 0 Å². The van der Waals surface area contributed by atoms with Crippen molar-refractivity contribution < 1.29 is 5.11 Å². The fraction of sp³-hybridized carbons (Fsp3) is 0.474. The average molecular weight is 389 g/mol. The molecule has 2 aromatic carbocycles. The molecule has 0 spiro atoms. The van der Waals surface area contributed by atoms with Crippen LogP contribution in [-0.2, 0) is 0 Å². The summed E-state index contributed by atoms with van der Waals surface area (Å²) >= 11 is -0.550. The van der Waals surface area contributed by atoms with Gasteiger partial charge in [0.15, 0.2) is 0 Å². The molecule has 2 heteroatoms. The number of benzene rings is 2. The summed E-state index contributed by atoms with van der Waals surface area (Å²) < 4.78 is 2.03. The molecule has 0 aliphatic heterocycles. The van der Waals surface area contributed by atoms with E-state index in [0.29, 0.717) is 9.35 Å². The van der Waals surface area contributed by atoms with Gasteiger partial charge < -0.3 is 0 Å². The number of rotatable bonds is 4. The SMILES string of the molecule is CC(C)CC(O)c1ccc2c[c]([Sn][C](C)(C)C)ccc2c1. The third-order valence-corrected chi connectivity index (χ3v) is 7.32. The maximum absolute atomic E-state index is 10.3. The van der Waals surface area contributed by atoms with Crippen LogP contribution in [-0.4, -0.2) is 26.2 Å². The van der Waals surface area contributed by atoms with Crippen LogP contribution in [0.25, 0.3) is 10.8 Å². The summed E-state index contributed by atoms with van der Waals surface area (Å²) in [6.07, 6.45) is 0.474. The van der Waals surface area contributed by atoms with E-state index in [1.807, 2.05) is 0 Å². The van der Waals surface area contributed by atoms with Crippen LogP contribution in [0.4, 0.5) is 0 Å². The normalized spacial score (nSPS) is 13.9. The first-order valence-electron chi connectivity index (χ1n) is 7.74. The summed E-state index contributed by atoms with van der Waals surface area (Å²) in [6.45, 7) is 11.3. The van der Waals surface area contributed by atoms with Crippen LogP contribution in [0.5, 0.6) is 0 Å². The van der Waals surface area contributed by atoms with Crippen LogP contribution in [0.15, 0.2) is 36.4 Å². The van der Waals surface area contributed by atoms with Gasteiger partial charge in [0.1, 0.15) is 0 Å². The quantitative estimate of drug-likeness (QED) is 0.766. The van der Waals surface area contributed by atoms with E-state index in [9.17, 15) is 5.11 Å². The monoisotopic (exact) mass is 390 g/mol. The van der Waals surface area contributed by atoms with Crippen molar-refractivity contribution in [2.45, 2.75) is 50.6 Å². The van der Waals surface area contributed by atoms with Crippen molar-refractivity contribution in [3.05, 3.63) is 42.0 Å². The van der Waals surface area contributed by atoms with Gasteiger partial charge in [0.2, 0.25) is 0 Å². The second kappa shape index (κ2) is 6.70. The zero-order chi connectivity index (χ0) is 15.6. The van der Waals surface area contributed by atoms with Gasteiger partial charge in [0.05, 0.1) is 0 Å². The predicted molar refractivity (Wildman–Crippen MR) is 93.5 cm³/mol. The summed E-state index contributed by atoms with van der Waals surface area (Å²) in [5.41, 5.74) is 1.04. The molecule has 1 N–H and O–H groups in total. The molecule has 1 unspecified atom stereocenters. The van der Waals surface area contributed by atoms with E-state index in [0.717, 1.165) is 12.0 Å². The maximum atomic E-state index is 10.3. The van der Waals surface area contributed by atoms with Crippen molar-refractivity contribution >= 4 is 35.5 Å². The number of fused-ring (bicyclic) bond motifs is 1. The Morgan fingerprint density at radius 3 is 2.24 bits per heavy atom. The Morgan fingerprint density at radius 1 is 1.00 bits per heavy atom. The third kappa shape index (κ3) is 5.00. The van der Waals surface area contributed by atoms with Gasteiger partial charge in [-0.1, -0.05) is 0 Å². The number of aliphatic hydroxyl groups excluding tert-OH is 1. The fourth-order valence-electron chi connectivity index (χ4n) is 2.56. The second-order valence-corrected chi connectivity index (χ2v) is 14.0. The molecule has 21 heavy (non-hydrogen) atoms. The van der Waals surface area contributed by atoms with Crippen LogP contribution in [0.3, 0.4) is 0 Å². The second-order valence-electron chi connectivity index (χ2n) is 7.34. The minimum absolute atomic E-state index is 0.347. The number of hydrogen-bond acceptors (Lipinski definition) is 1. The van der Waals surface area contributed by atoms with Crippen LogP contribution in [0.2, 0.25) is 3.43 Å². The molecule has 2 aromatic rings. The molecule has 0 aliphatic rings. The van der Waals surface area contributed by atoms with E-state index >= 15 is 0 Å². The minimum atomic E-state index is -0.550. The van der Waals surface area contributed by atoms with Gasteiger partial charge in [-0.2, -0.15) is 0 Å². The summed E-state index contributed by atoms with van der Waals surface area (Å²) in [6, 6.07) is 13.3. The van der Waals surface area contributed by atoms with Crippen molar-refractivity contribution in [3.8, 4) is 0 Å². The van der Waals surface area contributed by atoms with Crippen molar-refractivity contribution in [2.24, 2.45) is 5.92 Å². The van der Waals surface area contributed by atoms with Gasteiger partial charge in [-0.3, -0.25) is 0 Å². The molecule has 2 radical (unpaired) electrons. The van der Waals surface area contributed by atoms with Crippen molar-refractivity contribution in [1.29, 1.82) is 0 Å². The molecule has 0 amide bonds. The van der Waals surface area contributed by atoms with Crippen molar-refractivity contribution in [3.63, 3.8) is 0 Å². The van der Waals surface area contributed by atoms with Crippen molar-refractivity contribution in [2.75, 3.05) is 0 Å². The molecular weight excluding hydrogens is 363 g/mol. The van der Waals surface area contributed by atoms with Gasteiger partial charge >= 0.3 is 139 Å². The Balaban J connectivity index is 2.27. The average Bonchev–Trinajstić information content (AvgIpc) is 2.35. The van der Waals surface area contributed by atoms with E-state index < -0.39 is 21.1 Å². The molecule has 0 bridgehead atoms. The molecule has 1 nitrogen and oxygen atoms in total. The number of hydrogen-bond donors (Lipinski definition) is 1. The Hall–Kier alpha value is -0.541. The van der Waals surface area contributed by atoms with Crippen LogP contribution in [0.1, 0.15) is 52.7 Å². The Bertz CT molecular complexity index is 610. The Morgan fingerprint density at radius 2 is 1.62 bits per heavy atom. The zero-order valence-electron chi connectivity index (χ0n) is 13.8. The molecule has 0 aromatic heterocycles. The summed E-state index contributed by atoms with van der Waals surface area (Å²) in [7, 11) is 0. The first-order chi connectivity index (χ1) is 9.74. The van der Waals surface area contributed by atoms with Crippen LogP contribution >= 0.6 is 0 Å². The van der Waals surface area contributed by atoms with E-state index in [-0.39, 0.29) is 6.10 Å². The first-order valence-corrected chi connectivity index (χ1v) is 10.6. The Labute approximate surface area is 139 Å². The molecule has 0 saturated heterocycles. The summed E-state index contributed by atoms with van der Waals surface area (Å²) in [5.74, 6) is 0.511. The molecule has 0 heterocycles. The van der Waals surface area contributed by atoms with Crippen molar-refractivity contribution in [1.82, 2.24) is 0 Å². The van der Waals surface area contributed by atoms with E-state index in [1.54, 1.807) is 3.58 Å². The first kappa shape index (κ1) is 16.8. The summed E-state index contributed by atoms with van der Waals surface area (Å²) in [5, 5.41) is 12.8. The molecule has 0 fully saturated rings. The van der Waals surface area contributed by atoms with Crippen LogP contribution < -0.4 is 3.58 Å². The Kier molecular flexibility index (Phi) is 5.37. The molecular formula is C19H26OSn. The van der Waals surface area contributed by atoms with Gasteiger partial charge in [-0.25, -0.2) is 0 Å². The number of aliphatic hydroxyl groups is 1. The van der Waals surface area contributed by atoms with Crippen LogP contribution in [0, 0.1) is 5.92 Å². The third-order valence-electron chi connectivity index (χ3n) is 3.46. The zero-order valence-corrected chi connectivity index (χ0v) is 16.6. The molecule has 112 valence electrons. The fourth-order valence-corrected chi connectivity index (χ4v) is 6.16. The van der Waals surface area contributed by atoms with Gasteiger partial charge in [0, 0.05) is 0 Å².